The summed E-state index contributed by atoms with van der Waals surface area (Å²) in [5.41, 5.74) is 2.27. The number of amides is 1. The smallest absolute Gasteiger partial charge is 0.252 e. The quantitative estimate of drug-likeness (QED) is 0.862. The van der Waals surface area contributed by atoms with Gasteiger partial charge in [-0.3, -0.25) is 4.79 Å². The van der Waals surface area contributed by atoms with Gasteiger partial charge in [-0.2, -0.15) is 0 Å². The molecule has 18 heavy (non-hydrogen) atoms. The highest BCUT2D eigenvalue weighted by atomic mass is 32.1. The molecule has 0 spiro atoms. The van der Waals surface area contributed by atoms with E-state index in [9.17, 15) is 4.79 Å². The molecule has 0 saturated carbocycles. The predicted molar refractivity (Wildman–Crippen MR) is 77.4 cm³/mol. The van der Waals surface area contributed by atoms with Crippen molar-refractivity contribution < 1.29 is 4.79 Å². The van der Waals surface area contributed by atoms with Crippen LogP contribution in [0.1, 0.15) is 60.3 Å². The molecule has 100 valence electrons. The molecule has 3 heteroatoms. The Labute approximate surface area is 114 Å². The van der Waals surface area contributed by atoms with Crippen LogP contribution in [0.15, 0.2) is 5.38 Å². The van der Waals surface area contributed by atoms with Crippen molar-refractivity contribution in [2.75, 3.05) is 6.54 Å². The molecule has 0 saturated heterocycles. The summed E-state index contributed by atoms with van der Waals surface area (Å²) in [6.07, 6.45) is 7.04. The van der Waals surface area contributed by atoms with E-state index in [0.717, 1.165) is 31.4 Å². The zero-order valence-corrected chi connectivity index (χ0v) is 12.2. The SMILES string of the molecule is CCC(CC)CNC(=O)c1csc2c1CCCC2. The lowest BCUT2D eigenvalue weighted by molar-refractivity contribution is 0.0945. The van der Waals surface area contributed by atoms with Crippen LogP contribution in [0.25, 0.3) is 0 Å². The molecular formula is C15H23NOS. The third kappa shape index (κ3) is 2.94. The predicted octanol–water partition coefficient (Wildman–Crippen LogP) is 3.79. The Balaban J connectivity index is 1.99. The Morgan fingerprint density at radius 1 is 1.33 bits per heavy atom. The minimum atomic E-state index is 0.140. The molecule has 0 fully saturated rings. The van der Waals surface area contributed by atoms with Crippen molar-refractivity contribution in [1.29, 1.82) is 0 Å². The van der Waals surface area contributed by atoms with Gasteiger partial charge in [0.15, 0.2) is 0 Å². The molecule has 1 amide bonds. The van der Waals surface area contributed by atoms with Crippen molar-refractivity contribution in [2.45, 2.75) is 52.4 Å². The number of carbonyl (C=O) groups excluding carboxylic acids is 1. The molecule has 0 aliphatic heterocycles. The van der Waals surface area contributed by atoms with Crippen molar-refractivity contribution in [2.24, 2.45) is 5.92 Å². The van der Waals surface area contributed by atoms with Gasteiger partial charge in [0.2, 0.25) is 0 Å². The third-order valence-electron chi connectivity index (χ3n) is 4.01. The minimum absolute atomic E-state index is 0.140. The molecule has 1 N–H and O–H groups in total. The van der Waals surface area contributed by atoms with Crippen molar-refractivity contribution in [1.82, 2.24) is 5.32 Å². The maximum absolute atomic E-state index is 12.2. The van der Waals surface area contributed by atoms with Gasteiger partial charge in [0, 0.05) is 16.8 Å². The van der Waals surface area contributed by atoms with Crippen molar-refractivity contribution in [3.63, 3.8) is 0 Å². The first-order chi connectivity index (χ1) is 8.76. The Bertz CT molecular complexity index is 407. The van der Waals surface area contributed by atoms with Crippen molar-refractivity contribution in [3.05, 3.63) is 21.4 Å². The second-order valence-electron chi connectivity index (χ2n) is 5.15. The Morgan fingerprint density at radius 2 is 2.06 bits per heavy atom. The normalized spacial score (nSPS) is 14.6. The lowest BCUT2D eigenvalue weighted by atomic mass is 9.95. The zero-order valence-electron chi connectivity index (χ0n) is 11.4. The van der Waals surface area contributed by atoms with E-state index < -0.39 is 0 Å². The van der Waals surface area contributed by atoms with E-state index in [2.05, 4.69) is 24.5 Å². The van der Waals surface area contributed by atoms with E-state index >= 15 is 0 Å². The number of thiophene rings is 1. The summed E-state index contributed by atoms with van der Waals surface area (Å²) in [5.74, 6) is 0.754. The van der Waals surface area contributed by atoms with Gasteiger partial charge in [-0.1, -0.05) is 26.7 Å². The summed E-state index contributed by atoms with van der Waals surface area (Å²) in [6, 6.07) is 0. The Hall–Kier alpha value is -0.830. The first-order valence-corrected chi connectivity index (χ1v) is 8.01. The Kier molecular flexibility index (Phi) is 4.81. The van der Waals surface area contributed by atoms with E-state index in [0.29, 0.717) is 5.92 Å². The summed E-state index contributed by atoms with van der Waals surface area (Å²) in [4.78, 5) is 13.6. The molecule has 0 radical (unpaired) electrons. The van der Waals surface area contributed by atoms with Gasteiger partial charge in [-0.25, -0.2) is 0 Å². The average Bonchev–Trinajstić information content (AvgIpc) is 2.83. The summed E-state index contributed by atoms with van der Waals surface area (Å²) in [7, 11) is 0. The maximum Gasteiger partial charge on any atom is 0.252 e. The summed E-state index contributed by atoms with van der Waals surface area (Å²) >= 11 is 1.77. The second-order valence-corrected chi connectivity index (χ2v) is 6.11. The molecule has 0 unspecified atom stereocenters. The number of rotatable bonds is 5. The molecule has 0 bridgehead atoms. The molecule has 1 aromatic rings. The molecule has 0 aromatic carbocycles. The lowest BCUT2D eigenvalue weighted by Crippen LogP contribution is -2.29. The van der Waals surface area contributed by atoms with Crippen molar-refractivity contribution in [3.8, 4) is 0 Å². The van der Waals surface area contributed by atoms with Gasteiger partial charge in [0.25, 0.3) is 5.91 Å². The van der Waals surface area contributed by atoms with Crippen LogP contribution >= 0.6 is 11.3 Å². The van der Waals surface area contributed by atoms with E-state index in [1.54, 1.807) is 11.3 Å². The Morgan fingerprint density at radius 3 is 2.78 bits per heavy atom. The van der Waals surface area contributed by atoms with Crippen molar-refractivity contribution >= 4 is 17.2 Å². The number of hydrogen-bond acceptors (Lipinski definition) is 2. The summed E-state index contributed by atoms with van der Waals surface area (Å²) in [6.45, 7) is 5.19. The molecule has 2 rings (SSSR count). The van der Waals surface area contributed by atoms with Crippen LogP contribution in [-0.4, -0.2) is 12.5 Å². The van der Waals surface area contributed by atoms with Crippen LogP contribution in [0.4, 0.5) is 0 Å². The molecule has 1 aliphatic carbocycles. The molecule has 0 atom stereocenters. The summed E-state index contributed by atoms with van der Waals surface area (Å²) in [5, 5.41) is 5.16. The van der Waals surface area contributed by atoms with Crippen LogP contribution in [0.3, 0.4) is 0 Å². The molecule has 1 aliphatic rings. The topological polar surface area (TPSA) is 29.1 Å². The van der Waals surface area contributed by atoms with Crippen LogP contribution in [0.2, 0.25) is 0 Å². The largest absolute Gasteiger partial charge is 0.352 e. The highest BCUT2D eigenvalue weighted by molar-refractivity contribution is 7.10. The fourth-order valence-electron chi connectivity index (χ4n) is 2.59. The molecule has 2 nitrogen and oxygen atoms in total. The second kappa shape index (κ2) is 6.37. The zero-order chi connectivity index (χ0) is 13.0. The lowest BCUT2D eigenvalue weighted by Gasteiger charge is -2.15. The highest BCUT2D eigenvalue weighted by Gasteiger charge is 2.20. The molecule has 1 aromatic heterocycles. The number of hydrogen-bond donors (Lipinski definition) is 1. The fraction of sp³-hybridized carbons (Fsp3) is 0.667. The maximum atomic E-state index is 12.2. The number of aryl methyl sites for hydroxylation is 1. The number of nitrogens with one attached hydrogen (secondary N) is 1. The molecule has 1 heterocycles. The third-order valence-corrected chi connectivity index (χ3v) is 5.10. The standard InChI is InChI=1S/C15H23NOS/c1-3-11(4-2)9-16-15(17)13-10-18-14-8-6-5-7-12(13)14/h10-11H,3-9H2,1-2H3,(H,16,17). The highest BCUT2D eigenvalue weighted by Crippen LogP contribution is 2.30. The molecular weight excluding hydrogens is 242 g/mol. The van der Waals surface area contributed by atoms with Crippen LogP contribution in [-0.2, 0) is 12.8 Å². The van der Waals surface area contributed by atoms with E-state index in [-0.39, 0.29) is 5.91 Å². The van der Waals surface area contributed by atoms with Gasteiger partial charge < -0.3 is 5.32 Å². The van der Waals surface area contributed by atoms with E-state index in [1.165, 1.54) is 29.7 Å². The van der Waals surface area contributed by atoms with Crippen LogP contribution in [0.5, 0.6) is 0 Å². The van der Waals surface area contributed by atoms with Gasteiger partial charge in [-0.15, -0.1) is 11.3 Å². The van der Waals surface area contributed by atoms with Gasteiger partial charge in [-0.05, 0) is 37.2 Å². The van der Waals surface area contributed by atoms with Gasteiger partial charge in [0.1, 0.15) is 0 Å². The first kappa shape index (κ1) is 13.6. The average molecular weight is 265 g/mol. The van der Waals surface area contributed by atoms with E-state index in [1.807, 2.05) is 0 Å². The van der Waals surface area contributed by atoms with Gasteiger partial charge >= 0.3 is 0 Å². The van der Waals surface area contributed by atoms with Gasteiger partial charge in [0.05, 0.1) is 5.56 Å². The monoisotopic (exact) mass is 265 g/mol. The number of fused-ring (bicyclic) bond motifs is 1. The van der Waals surface area contributed by atoms with Crippen LogP contribution < -0.4 is 5.32 Å². The van der Waals surface area contributed by atoms with E-state index in [4.69, 9.17) is 0 Å². The summed E-state index contributed by atoms with van der Waals surface area (Å²) < 4.78 is 0. The number of carbonyl (C=O) groups is 1. The van der Waals surface area contributed by atoms with Crippen LogP contribution in [0, 0.1) is 5.92 Å². The first-order valence-electron chi connectivity index (χ1n) is 7.13. The minimum Gasteiger partial charge on any atom is -0.352 e. The fourth-order valence-corrected chi connectivity index (χ4v) is 3.72.